The van der Waals surface area contributed by atoms with Crippen LogP contribution in [0.5, 0.6) is 0 Å². The summed E-state index contributed by atoms with van der Waals surface area (Å²) < 4.78 is 13.7. The number of aromatic nitrogens is 1. The van der Waals surface area contributed by atoms with Gasteiger partial charge in [-0.05, 0) is 60.1 Å². The zero-order valence-electron chi connectivity index (χ0n) is 13.7. The molecule has 0 bridgehead atoms. The van der Waals surface area contributed by atoms with Crippen molar-refractivity contribution in [3.8, 4) is 0 Å². The molecule has 0 unspecified atom stereocenters. The third kappa shape index (κ3) is 4.39. The molecule has 0 aliphatic heterocycles. The fourth-order valence-electron chi connectivity index (χ4n) is 2.53. The lowest BCUT2D eigenvalue weighted by Gasteiger charge is -2.22. The smallest absolute Gasteiger partial charge is 0.171 e. The first-order valence-electron chi connectivity index (χ1n) is 7.92. The molecule has 0 aliphatic rings. The number of anilines is 1. The first kappa shape index (κ1) is 17.0. The van der Waals surface area contributed by atoms with Gasteiger partial charge >= 0.3 is 0 Å². The molecule has 3 aromatic rings. The second kappa shape index (κ2) is 7.85. The molecule has 0 fully saturated rings. The molecular formula is C20H18FN3S. The van der Waals surface area contributed by atoms with Gasteiger partial charge in [0, 0.05) is 18.1 Å². The van der Waals surface area contributed by atoms with Crippen molar-refractivity contribution in [1.29, 1.82) is 0 Å². The van der Waals surface area contributed by atoms with Crippen LogP contribution in [0.4, 0.5) is 10.1 Å². The molecule has 126 valence electrons. The molecule has 2 aromatic carbocycles. The van der Waals surface area contributed by atoms with Crippen LogP contribution in [0.2, 0.25) is 0 Å². The summed E-state index contributed by atoms with van der Waals surface area (Å²) in [6, 6.07) is 18.7. The number of thiocarbonyl (C=S) groups is 1. The zero-order chi connectivity index (χ0) is 17.6. The average Bonchev–Trinajstić information content (AvgIpc) is 2.64. The number of halogens is 1. The van der Waals surface area contributed by atoms with Crippen LogP contribution >= 0.6 is 12.2 Å². The molecule has 0 spiro atoms. The molecule has 25 heavy (non-hydrogen) atoms. The number of hydrogen-bond acceptors (Lipinski definition) is 2. The summed E-state index contributed by atoms with van der Waals surface area (Å²) in [4.78, 5) is 4.07. The van der Waals surface area contributed by atoms with Gasteiger partial charge in [0.05, 0.1) is 6.04 Å². The largest absolute Gasteiger partial charge is 0.352 e. The minimum atomic E-state index is -0.262. The van der Waals surface area contributed by atoms with Gasteiger partial charge < -0.3 is 10.6 Å². The van der Waals surface area contributed by atoms with Gasteiger partial charge in [-0.2, -0.15) is 0 Å². The average molecular weight is 351 g/mol. The maximum atomic E-state index is 13.7. The van der Waals surface area contributed by atoms with Crippen molar-refractivity contribution in [2.24, 2.45) is 0 Å². The van der Waals surface area contributed by atoms with Gasteiger partial charge in [0.25, 0.3) is 0 Å². The van der Waals surface area contributed by atoms with Gasteiger partial charge in [-0.1, -0.05) is 36.4 Å². The van der Waals surface area contributed by atoms with Crippen molar-refractivity contribution in [1.82, 2.24) is 10.3 Å². The van der Waals surface area contributed by atoms with Crippen LogP contribution in [0.3, 0.4) is 0 Å². The summed E-state index contributed by atoms with van der Waals surface area (Å²) >= 11 is 5.43. The fraction of sp³-hybridized carbons (Fsp3) is 0.100. The number of rotatable bonds is 4. The molecule has 1 heterocycles. The lowest BCUT2D eigenvalue weighted by molar-refractivity contribution is 0.619. The minimum absolute atomic E-state index is 0.125. The Labute approximate surface area is 151 Å². The molecular weight excluding hydrogens is 333 g/mol. The second-order valence-electron chi connectivity index (χ2n) is 5.69. The van der Waals surface area contributed by atoms with Crippen molar-refractivity contribution < 1.29 is 4.39 Å². The van der Waals surface area contributed by atoms with E-state index in [9.17, 15) is 4.39 Å². The van der Waals surface area contributed by atoms with E-state index < -0.39 is 0 Å². The third-order valence-corrected chi connectivity index (χ3v) is 4.10. The van der Waals surface area contributed by atoms with Crippen LogP contribution in [0.15, 0.2) is 73.1 Å². The molecule has 2 N–H and O–H groups in total. The summed E-state index contributed by atoms with van der Waals surface area (Å²) in [7, 11) is 0. The van der Waals surface area contributed by atoms with Gasteiger partial charge in [-0.3, -0.25) is 4.98 Å². The topological polar surface area (TPSA) is 37.0 Å². The van der Waals surface area contributed by atoms with E-state index in [4.69, 9.17) is 12.2 Å². The van der Waals surface area contributed by atoms with Gasteiger partial charge in [0.2, 0.25) is 0 Å². The SMILES string of the molecule is Cc1ccc(NC(=S)N[C@@H](c2ccccc2)c2ccncc2)cc1F. The Bertz CT molecular complexity index is 814. The highest BCUT2D eigenvalue weighted by atomic mass is 32.1. The maximum absolute atomic E-state index is 13.7. The van der Waals surface area contributed by atoms with Crippen molar-refractivity contribution in [3.63, 3.8) is 0 Å². The molecule has 0 saturated heterocycles. The molecule has 0 aliphatic carbocycles. The standard InChI is InChI=1S/C20H18FN3S/c1-14-7-8-17(13-18(14)21)23-20(25)24-19(15-5-3-2-4-6-15)16-9-11-22-12-10-16/h2-13,19H,1H3,(H2,23,24,25)/t19-/m0/s1. The summed E-state index contributed by atoms with van der Waals surface area (Å²) in [5, 5.41) is 6.77. The van der Waals surface area contributed by atoms with Crippen LogP contribution in [-0.4, -0.2) is 10.1 Å². The highest BCUT2D eigenvalue weighted by Gasteiger charge is 2.15. The van der Waals surface area contributed by atoms with Crippen LogP contribution in [0, 0.1) is 12.7 Å². The van der Waals surface area contributed by atoms with E-state index in [1.165, 1.54) is 6.07 Å². The minimum Gasteiger partial charge on any atom is -0.352 e. The highest BCUT2D eigenvalue weighted by molar-refractivity contribution is 7.80. The second-order valence-corrected chi connectivity index (χ2v) is 6.09. The Morgan fingerprint density at radius 3 is 2.36 bits per heavy atom. The van der Waals surface area contributed by atoms with E-state index in [2.05, 4.69) is 15.6 Å². The van der Waals surface area contributed by atoms with E-state index in [1.54, 1.807) is 31.5 Å². The van der Waals surface area contributed by atoms with E-state index in [1.807, 2.05) is 42.5 Å². The molecule has 1 aromatic heterocycles. The van der Waals surface area contributed by atoms with Gasteiger partial charge in [-0.15, -0.1) is 0 Å². The Kier molecular flexibility index (Phi) is 5.36. The van der Waals surface area contributed by atoms with Crippen LogP contribution in [0.1, 0.15) is 22.7 Å². The normalized spacial score (nSPS) is 11.6. The summed E-state index contributed by atoms with van der Waals surface area (Å²) in [6.07, 6.45) is 3.50. The number of pyridine rings is 1. The van der Waals surface area contributed by atoms with Gasteiger partial charge in [-0.25, -0.2) is 4.39 Å². The lowest BCUT2D eigenvalue weighted by Crippen LogP contribution is -2.33. The van der Waals surface area contributed by atoms with Crippen LogP contribution in [0.25, 0.3) is 0 Å². The number of hydrogen-bond donors (Lipinski definition) is 2. The predicted octanol–water partition coefficient (Wildman–Crippen LogP) is 4.61. The van der Waals surface area contributed by atoms with Crippen LogP contribution in [-0.2, 0) is 0 Å². The quantitative estimate of drug-likeness (QED) is 0.673. The lowest BCUT2D eigenvalue weighted by atomic mass is 10.00. The van der Waals surface area contributed by atoms with Gasteiger partial charge in [0.1, 0.15) is 5.82 Å². The summed E-state index contributed by atoms with van der Waals surface area (Å²) in [6.45, 7) is 1.73. The van der Waals surface area contributed by atoms with Crippen molar-refractivity contribution in [2.75, 3.05) is 5.32 Å². The van der Waals surface area contributed by atoms with Crippen molar-refractivity contribution >= 4 is 23.0 Å². The fourth-order valence-corrected chi connectivity index (χ4v) is 2.77. The first-order valence-corrected chi connectivity index (χ1v) is 8.33. The maximum Gasteiger partial charge on any atom is 0.171 e. The van der Waals surface area contributed by atoms with Crippen LogP contribution < -0.4 is 10.6 Å². The van der Waals surface area contributed by atoms with Crippen molar-refractivity contribution in [2.45, 2.75) is 13.0 Å². The Morgan fingerprint density at radius 2 is 1.68 bits per heavy atom. The monoisotopic (exact) mass is 351 g/mol. The number of nitrogens with zero attached hydrogens (tertiary/aromatic N) is 1. The van der Waals surface area contributed by atoms with Crippen molar-refractivity contribution in [3.05, 3.63) is 95.6 Å². The number of aryl methyl sites for hydroxylation is 1. The molecule has 5 heteroatoms. The third-order valence-electron chi connectivity index (χ3n) is 3.88. The molecule has 1 atom stereocenters. The Morgan fingerprint density at radius 1 is 1.00 bits per heavy atom. The van der Waals surface area contributed by atoms with Gasteiger partial charge in [0.15, 0.2) is 5.11 Å². The van der Waals surface area contributed by atoms with E-state index >= 15 is 0 Å². The first-order chi connectivity index (χ1) is 12.1. The molecule has 0 saturated carbocycles. The summed E-state index contributed by atoms with van der Waals surface area (Å²) in [5.74, 6) is -0.262. The highest BCUT2D eigenvalue weighted by Crippen LogP contribution is 2.22. The summed E-state index contributed by atoms with van der Waals surface area (Å²) in [5.41, 5.74) is 3.33. The number of benzene rings is 2. The van der Waals surface area contributed by atoms with E-state index in [-0.39, 0.29) is 11.9 Å². The molecule has 0 amide bonds. The zero-order valence-corrected chi connectivity index (χ0v) is 14.6. The molecule has 3 nitrogen and oxygen atoms in total. The predicted molar refractivity (Wildman–Crippen MR) is 103 cm³/mol. The van der Waals surface area contributed by atoms with E-state index in [0.717, 1.165) is 11.1 Å². The Hall–Kier alpha value is -2.79. The number of nitrogens with one attached hydrogen (secondary N) is 2. The molecule has 3 rings (SSSR count). The van der Waals surface area contributed by atoms with E-state index in [0.29, 0.717) is 16.4 Å². The Balaban J connectivity index is 1.80. The molecule has 0 radical (unpaired) electrons.